The van der Waals surface area contributed by atoms with Gasteiger partial charge in [0, 0.05) is 24.6 Å². The van der Waals surface area contributed by atoms with Gasteiger partial charge in [0.05, 0.1) is 5.56 Å². The topological polar surface area (TPSA) is 217 Å². The molecule has 0 aliphatic carbocycles. The van der Waals surface area contributed by atoms with Gasteiger partial charge in [-0.1, -0.05) is 42.1 Å². The van der Waals surface area contributed by atoms with Gasteiger partial charge in [-0.05, 0) is 33.7 Å². The Morgan fingerprint density at radius 3 is 2.43 bits per heavy atom. The second-order valence-electron chi connectivity index (χ2n) is 10.3. The lowest BCUT2D eigenvalue weighted by molar-refractivity contribution is -0.157. The van der Waals surface area contributed by atoms with E-state index in [9.17, 15) is 33.9 Å². The van der Waals surface area contributed by atoms with Crippen LogP contribution in [0.5, 0.6) is 11.5 Å². The molecule has 3 aromatic rings. The Kier molecular flexibility index (Phi) is 11.2. The van der Waals surface area contributed by atoms with E-state index in [1.165, 1.54) is 22.5 Å². The molecule has 16 nitrogen and oxygen atoms in total. The lowest BCUT2D eigenvalue weighted by atomic mass is 9.97. The Balaban J connectivity index is 1.54. The van der Waals surface area contributed by atoms with Crippen molar-refractivity contribution in [2.24, 2.45) is 12.8 Å². The molecule has 5 rings (SSSR count). The fraction of sp³-hybridized carbons (Fsp3) is 0.276. The van der Waals surface area contributed by atoms with Crippen LogP contribution >= 0.6 is 46.7 Å². The van der Waals surface area contributed by atoms with Crippen LogP contribution in [0.2, 0.25) is 0 Å². The van der Waals surface area contributed by atoms with Crippen molar-refractivity contribution in [3.05, 3.63) is 70.9 Å². The Bertz CT molecular complexity index is 1860. The summed E-state index contributed by atoms with van der Waals surface area (Å²) in [5.41, 5.74) is 6.40. The molecule has 1 saturated heterocycles. The number of carboxylic acids is 1. The fourth-order valence-corrected chi connectivity index (χ4v) is 7.44. The standard InChI is InChI=1S/C29H25Cl2N7O9S2/c1-36-29(33-34-35-36)49-13-15-12-48-27-23(26(43)38(27)22(15)28(44)45)37(25(42)21(32)14-5-3-2-4-6-14)24(41)17-8-7-16(46-19(39)10-30)9-18(17)47-20(40)11-31/h2-9,21,23,27H,10-13,32H2,1H3,(H,44,45)/t21-,23?,27-/m1/s1. The number of thioether (sulfide) groups is 2. The monoisotopic (exact) mass is 749 g/mol. The van der Waals surface area contributed by atoms with Crippen molar-refractivity contribution < 1.29 is 43.3 Å². The van der Waals surface area contributed by atoms with Crippen molar-refractivity contribution in [1.82, 2.24) is 30.0 Å². The van der Waals surface area contributed by atoms with Crippen LogP contribution in [0, 0.1) is 0 Å². The number of aromatic nitrogens is 4. The second-order valence-corrected chi connectivity index (χ2v) is 12.8. The molecule has 256 valence electrons. The predicted octanol–water partition coefficient (Wildman–Crippen LogP) is 1.58. The number of hydrogen-bond acceptors (Lipinski definition) is 14. The number of nitrogens with two attached hydrogens (primary N) is 1. The van der Waals surface area contributed by atoms with Crippen molar-refractivity contribution in [3.63, 3.8) is 0 Å². The number of nitrogens with zero attached hydrogens (tertiary/aromatic N) is 6. The molecule has 2 aliphatic rings. The lowest BCUT2D eigenvalue weighted by Gasteiger charge is -2.52. The van der Waals surface area contributed by atoms with Gasteiger partial charge in [-0.2, -0.15) is 0 Å². The van der Waals surface area contributed by atoms with Gasteiger partial charge in [-0.3, -0.25) is 33.8 Å². The first-order valence-electron chi connectivity index (χ1n) is 14.1. The largest absolute Gasteiger partial charge is 0.477 e. The third kappa shape index (κ3) is 7.42. The van der Waals surface area contributed by atoms with Crippen LogP contribution in [0.4, 0.5) is 0 Å². The number of carboxylic acid groups (broad SMARTS) is 1. The van der Waals surface area contributed by atoms with Gasteiger partial charge >= 0.3 is 17.9 Å². The summed E-state index contributed by atoms with van der Waals surface area (Å²) in [5, 5.41) is 20.8. The molecule has 3 N–H and O–H groups in total. The first-order valence-corrected chi connectivity index (χ1v) is 17.2. The average molecular weight is 751 g/mol. The van der Waals surface area contributed by atoms with E-state index in [0.29, 0.717) is 21.2 Å². The zero-order valence-electron chi connectivity index (χ0n) is 25.2. The zero-order valence-corrected chi connectivity index (χ0v) is 28.4. The highest BCUT2D eigenvalue weighted by Gasteiger charge is 2.59. The van der Waals surface area contributed by atoms with Gasteiger partial charge in [-0.25, -0.2) is 9.48 Å². The number of imide groups is 1. The molecule has 0 radical (unpaired) electrons. The van der Waals surface area contributed by atoms with Crippen LogP contribution in [-0.2, 0) is 31.0 Å². The fourth-order valence-electron chi connectivity index (χ4n) is 4.96. The summed E-state index contributed by atoms with van der Waals surface area (Å²) >= 11 is 13.5. The molecule has 0 spiro atoms. The number of carbonyl (C=O) groups excluding carboxylic acids is 5. The van der Waals surface area contributed by atoms with Gasteiger partial charge in [0.25, 0.3) is 17.7 Å². The van der Waals surface area contributed by atoms with E-state index in [1.54, 1.807) is 37.4 Å². The number of hydrogen-bond donors (Lipinski definition) is 2. The Hall–Kier alpha value is -4.49. The number of alkyl halides is 2. The van der Waals surface area contributed by atoms with Crippen LogP contribution in [0.1, 0.15) is 22.0 Å². The second kappa shape index (κ2) is 15.4. The van der Waals surface area contributed by atoms with Crippen molar-refractivity contribution in [2.45, 2.75) is 22.6 Å². The van der Waals surface area contributed by atoms with E-state index >= 15 is 0 Å². The summed E-state index contributed by atoms with van der Waals surface area (Å²) < 4.78 is 11.7. The van der Waals surface area contributed by atoms with Gasteiger partial charge in [0.1, 0.15) is 46.4 Å². The molecule has 3 atom stereocenters. The molecule has 49 heavy (non-hydrogen) atoms. The number of carbonyl (C=O) groups is 6. The van der Waals surface area contributed by atoms with Crippen LogP contribution < -0.4 is 15.2 Å². The number of benzene rings is 2. The molecule has 0 bridgehead atoms. The molecular formula is C29H25Cl2N7O9S2. The Morgan fingerprint density at radius 2 is 1.80 bits per heavy atom. The molecule has 2 aromatic carbocycles. The number of fused-ring (bicyclic) bond motifs is 1. The summed E-state index contributed by atoms with van der Waals surface area (Å²) in [4.78, 5) is 80.6. The first kappa shape index (κ1) is 35.8. The number of esters is 2. The number of aryl methyl sites for hydroxylation is 1. The van der Waals surface area contributed by atoms with Gasteiger partial charge < -0.3 is 20.3 Å². The van der Waals surface area contributed by atoms with Crippen molar-refractivity contribution in [3.8, 4) is 11.5 Å². The summed E-state index contributed by atoms with van der Waals surface area (Å²) in [5.74, 6) is -7.58. The summed E-state index contributed by atoms with van der Waals surface area (Å²) in [6, 6.07) is 8.52. The number of ether oxygens (including phenoxy) is 2. The van der Waals surface area contributed by atoms with E-state index in [0.717, 1.165) is 28.8 Å². The van der Waals surface area contributed by atoms with Crippen LogP contribution in [0.3, 0.4) is 0 Å². The number of halogens is 2. The lowest BCUT2D eigenvalue weighted by Crippen LogP contribution is -2.72. The molecule has 1 aromatic heterocycles. The molecular weight excluding hydrogens is 725 g/mol. The number of tetrazole rings is 1. The van der Waals surface area contributed by atoms with Crippen LogP contribution in [0.25, 0.3) is 0 Å². The number of amides is 3. The number of β-lactam (4-membered cyclic amide) rings is 1. The minimum absolute atomic E-state index is 0.130. The minimum atomic E-state index is -1.50. The highest BCUT2D eigenvalue weighted by atomic mass is 35.5. The summed E-state index contributed by atoms with van der Waals surface area (Å²) in [6.45, 7) is 0. The van der Waals surface area contributed by atoms with Gasteiger partial charge in [-0.15, -0.1) is 40.1 Å². The molecule has 1 fully saturated rings. The van der Waals surface area contributed by atoms with Crippen molar-refractivity contribution in [2.75, 3.05) is 23.3 Å². The average Bonchev–Trinajstić information content (AvgIpc) is 3.52. The SMILES string of the molecule is Cn1nnnc1SCC1=C(C(=O)O)N2C(=O)C(N(C(=O)c3ccc(OC(=O)CCl)cc3OC(=O)CCl)C(=O)[C@H](N)c3ccccc3)[C@H]2SC1. The van der Waals surface area contributed by atoms with E-state index in [2.05, 4.69) is 15.5 Å². The molecule has 2 aliphatic heterocycles. The Labute approximate surface area is 295 Å². The normalized spacial score (nSPS) is 17.5. The van der Waals surface area contributed by atoms with Gasteiger partial charge in [0.15, 0.2) is 0 Å². The molecule has 0 saturated carbocycles. The summed E-state index contributed by atoms with van der Waals surface area (Å²) in [6.07, 6.45) is 0. The maximum Gasteiger partial charge on any atom is 0.352 e. The maximum atomic E-state index is 14.4. The first-order chi connectivity index (χ1) is 23.5. The molecule has 3 heterocycles. The maximum absolute atomic E-state index is 14.4. The van der Waals surface area contributed by atoms with E-state index in [-0.39, 0.29) is 28.5 Å². The number of aliphatic carboxylic acids is 1. The quantitative estimate of drug-likeness (QED) is 0.0883. The van der Waals surface area contributed by atoms with Gasteiger partial charge in [0.2, 0.25) is 5.16 Å². The molecule has 3 amide bonds. The van der Waals surface area contributed by atoms with Crippen molar-refractivity contribution in [1.29, 1.82) is 0 Å². The summed E-state index contributed by atoms with van der Waals surface area (Å²) in [7, 11) is 1.62. The van der Waals surface area contributed by atoms with Crippen molar-refractivity contribution >= 4 is 82.4 Å². The zero-order chi connectivity index (χ0) is 35.4. The Morgan fingerprint density at radius 1 is 1.10 bits per heavy atom. The third-order valence-corrected chi connectivity index (χ3v) is 10.1. The van der Waals surface area contributed by atoms with E-state index in [4.69, 9.17) is 38.4 Å². The number of rotatable bonds is 12. The van der Waals surface area contributed by atoms with Crippen LogP contribution in [0.15, 0.2) is 65.0 Å². The smallest absolute Gasteiger partial charge is 0.352 e. The molecule has 1 unspecified atom stereocenters. The predicted molar refractivity (Wildman–Crippen MR) is 175 cm³/mol. The highest BCUT2D eigenvalue weighted by Crippen LogP contribution is 2.44. The van der Waals surface area contributed by atoms with Crippen LogP contribution in [-0.4, -0.2) is 105 Å². The minimum Gasteiger partial charge on any atom is -0.477 e. The molecule has 20 heteroatoms. The highest BCUT2D eigenvalue weighted by molar-refractivity contribution is 8.01. The third-order valence-electron chi connectivity index (χ3n) is 7.19. The van der Waals surface area contributed by atoms with E-state index in [1.807, 2.05) is 0 Å². The van der Waals surface area contributed by atoms with E-state index < -0.39 is 70.6 Å².